The molecular formula is C16H12BS4-. The Morgan fingerprint density at radius 1 is 0.476 bits per heavy atom. The Morgan fingerprint density at radius 2 is 0.762 bits per heavy atom. The third-order valence-corrected chi connectivity index (χ3v) is 6.98. The summed E-state index contributed by atoms with van der Waals surface area (Å²) in [4.78, 5) is 0. The molecule has 0 amide bonds. The maximum Gasteiger partial charge on any atom is 0.112 e. The first kappa shape index (κ1) is 13.5. The monoisotopic (exact) mass is 343 g/mol. The highest BCUT2D eigenvalue weighted by atomic mass is 32.1. The van der Waals surface area contributed by atoms with E-state index in [-0.39, 0.29) is 0 Å². The van der Waals surface area contributed by atoms with Crippen molar-refractivity contribution >= 4 is 73.3 Å². The third kappa shape index (κ3) is 2.07. The lowest BCUT2D eigenvalue weighted by Gasteiger charge is -2.40. The number of hydrogen-bond acceptors (Lipinski definition) is 4. The predicted molar refractivity (Wildman–Crippen MR) is 102 cm³/mol. The minimum atomic E-state index is -1.01. The van der Waals surface area contributed by atoms with E-state index in [1.807, 2.05) is 0 Å². The first-order chi connectivity index (χ1) is 10.4. The summed E-state index contributed by atoms with van der Waals surface area (Å²) >= 11 is 7.14. The molecule has 0 N–H and O–H groups in total. The summed E-state index contributed by atoms with van der Waals surface area (Å²) in [6.45, 7) is 0. The molecule has 0 radical (unpaired) electrons. The van der Waals surface area contributed by atoms with Gasteiger partial charge < -0.3 is 0 Å². The van der Waals surface area contributed by atoms with Gasteiger partial charge in [0.25, 0.3) is 0 Å². The summed E-state index contributed by atoms with van der Waals surface area (Å²) in [5, 5.41) is 18.0. The van der Waals surface area contributed by atoms with Crippen LogP contribution in [-0.2, 0) is 0 Å². The lowest BCUT2D eigenvalue weighted by atomic mass is 9.14. The van der Waals surface area contributed by atoms with Crippen molar-refractivity contribution in [3.63, 3.8) is 0 Å². The minimum absolute atomic E-state index is 1.01. The first-order valence-corrected chi connectivity index (χ1v) is 10.5. The van der Waals surface area contributed by atoms with Crippen molar-refractivity contribution in [2.75, 3.05) is 0 Å². The maximum atomic E-state index is 2.31. The fraction of sp³-hybridized carbons (Fsp3) is 0. The smallest absolute Gasteiger partial charge is 0.112 e. The molecule has 0 aromatic carbocycles. The molecule has 0 unspecified atom stereocenters. The Balaban J connectivity index is 2.10. The second kappa shape index (κ2) is 5.57. The van der Waals surface area contributed by atoms with Crippen molar-refractivity contribution in [2.45, 2.75) is 0 Å². The van der Waals surface area contributed by atoms with Gasteiger partial charge in [0, 0.05) is 0 Å². The molecule has 4 aromatic rings. The van der Waals surface area contributed by atoms with Gasteiger partial charge in [0.1, 0.15) is 6.15 Å². The molecule has 0 fully saturated rings. The lowest BCUT2D eigenvalue weighted by Crippen LogP contribution is -2.73. The highest BCUT2D eigenvalue weighted by Gasteiger charge is 2.32. The van der Waals surface area contributed by atoms with Crippen molar-refractivity contribution in [2.24, 2.45) is 0 Å². The molecule has 4 aromatic heterocycles. The Labute approximate surface area is 140 Å². The largest absolute Gasteiger partial charge is 0.185 e. The summed E-state index contributed by atoms with van der Waals surface area (Å²) in [5.41, 5.74) is 5.70. The van der Waals surface area contributed by atoms with Gasteiger partial charge in [-0.2, -0.15) is 67.2 Å². The molecular weight excluding hydrogens is 331 g/mol. The van der Waals surface area contributed by atoms with E-state index in [9.17, 15) is 0 Å². The van der Waals surface area contributed by atoms with Crippen LogP contribution in [0.25, 0.3) is 0 Å². The van der Waals surface area contributed by atoms with Crippen molar-refractivity contribution in [1.29, 1.82) is 0 Å². The second-order valence-electron chi connectivity index (χ2n) is 5.09. The molecule has 0 aliphatic heterocycles. The molecule has 4 heterocycles. The van der Waals surface area contributed by atoms with E-state index >= 15 is 0 Å². The number of thiophene rings is 4. The maximum absolute atomic E-state index is 2.31. The molecule has 5 heteroatoms. The standard InChI is InChI=1S/C16H12BS4/c1-5-18-9-13(1)17(14-2-6-19-10-14,15-3-7-20-11-15)16-4-8-21-12-16/h1-12H/q-1. The molecule has 4 rings (SSSR count). The number of rotatable bonds is 4. The van der Waals surface area contributed by atoms with Crippen LogP contribution in [0, 0.1) is 0 Å². The first-order valence-electron chi connectivity index (χ1n) is 6.68. The highest BCUT2D eigenvalue weighted by Crippen LogP contribution is 2.15. The van der Waals surface area contributed by atoms with Crippen LogP contribution in [-0.4, -0.2) is 6.15 Å². The molecule has 21 heavy (non-hydrogen) atoms. The summed E-state index contributed by atoms with van der Waals surface area (Å²) in [6, 6.07) is 9.16. The van der Waals surface area contributed by atoms with E-state index in [1.165, 1.54) is 21.9 Å². The quantitative estimate of drug-likeness (QED) is 0.499. The molecule has 0 bridgehead atoms. The van der Waals surface area contributed by atoms with Crippen LogP contribution in [0.5, 0.6) is 0 Å². The summed E-state index contributed by atoms with van der Waals surface area (Å²) < 4.78 is 0. The summed E-state index contributed by atoms with van der Waals surface area (Å²) in [6.07, 6.45) is -1.01. The molecule has 0 atom stereocenters. The molecule has 0 aliphatic rings. The van der Waals surface area contributed by atoms with Gasteiger partial charge in [0.15, 0.2) is 0 Å². The van der Waals surface area contributed by atoms with E-state index in [1.54, 1.807) is 45.3 Å². The van der Waals surface area contributed by atoms with E-state index in [4.69, 9.17) is 0 Å². The fourth-order valence-electron chi connectivity index (χ4n) is 3.24. The van der Waals surface area contributed by atoms with Crippen molar-refractivity contribution in [3.05, 3.63) is 67.3 Å². The summed E-state index contributed by atoms with van der Waals surface area (Å²) in [5.74, 6) is 0. The molecule has 0 spiro atoms. The van der Waals surface area contributed by atoms with Crippen LogP contribution in [0.3, 0.4) is 0 Å². The third-order valence-electron chi connectivity index (χ3n) is 4.17. The van der Waals surface area contributed by atoms with Crippen LogP contribution >= 0.6 is 45.3 Å². The zero-order valence-corrected chi connectivity index (χ0v) is 14.4. The minimum Gasteiger partial charge on any atom is -0.185 e. The van der Waals surface area contributed by atoms with Crippen LogP contribution in [0.2, 0.25) is 0 Å². The van der Waals surface area contributed by atoms with Crippen LogP contribution in [0.15, 0.2) is 67.3 Å². The molecule has 0 saturated carbocycles. The van der Waals surface area contributed by atoms with Gasteiger partial charge >= 0.3 is 0 Å². The van der Waals surface area contributed by atoms with E-state index in [2.05, 4.69) is 67.3 Å². The van der Waals surface area contributed by atoms with Crippen LogP contribution in [0.1, 0.15) is 0 Å². The fourth-order valence-corrected chi connectivity index (χ4v) is 6.26. The van der Waals surface area contributed by atoms with Crippen LogP contribution in [0.4, 0.5) is 0 Å². The second-order valence-corrected chi connectivity index (χ2v) is 8.21. The highest BCUT2D eigenvalue weighted by molar-refractivity contribution is 7.27. The van der Waals surface area contributed by atoms with Gasteiger partial charge in [0.2, 0.25) is 0 Å². The zero-order chi connectivity index (χ0) is 14.1. The van der Waals surface area contributed by atoms with Gasteiger partial charge in [-0.15, -0.1) is 0 Å². The Hall–Kier alpha value is -1.14. The molecule has 0 saturated heterocycles. The topological polar surface area (TPSA) is 0 Å². The Bertz CT molecular complexity index is 638. The number of hydrogen-bond donors (Lipinski definition) is 0. The zero-order valence-electron chi connectivity index (χ0n) is 11.1. The normalized spacial score (nSPS) is 11.8. The van der Waals surface area contributed by atoms with E-state index < -0.39 is 6.15 Å². The van der Waals surface area contributed by atoms with Gasteiger partial charge in [-0.3, -0.25) is 0 Å². The predicted octanol–water partition coefficient (Wildman–Crippen LogP) is 3.31. The lowest BCUT2D eigenvalue weighted by molar-refractivity contribution is 1.89. The molecule has 0 nitrogen and oxygen atoms in total. The van der Waals surface area contributed by atoms with Gasteiger partial charge in [0.05, 0.1) is 0 Å². The van der Waals surface area contributed by atoms with E-state index in [0.29, 0.717) is 0 Å². The van der Waals surface area contributed by atoms with Crippen LogP contribution < -0.4 is 21.9 Å². The van der Waals surface area contributed by atoms with Crippen molar-refractivity contribution in [3.8, 4) is 0 Å². The van der Waals surface area contributed by atoms with Gasteiger partial charge in [-0.05, 0) is 43.0 Å². The Morgan fingerprint density at radius 3 is 0.952 bits per heavy atom. The average molecular weight is 343 g/mol. The molecule has 0 aliphatic carbocycles. The van der Waals surface area contributed by atoms with Crippen molar-refractivity contribution in [1.82, 2.24) is 0 Å². The van der Waals surface area contributed by atoms with Gasteiger partial charge in [-0.1, -0.05) is 24.3 Å². The van der Waals surface area contributed by atoms with Gasteiger partial charge in [-0.25, -0.2) is 0 Å². The molecule has 104 valence electrons. The SMILES string of the molecule is c1cc([B-](c2ccsc2)(c2ccsc2)c2ccsc2)cs1. The Kier molecular flexibility index (Phi) is 3.59. The average Bonchev–Trinajstić information content (AvgIpc) is 3.32. The van der Waals surface area contributed by atoms with Crippen molar-refractivity contribution < 1.29 is 0 Å². The van der Waals surface area contributed by atoms with E-state index in [0.717, 1.165) is 0 Å². The summed E-state index contributed by atoms with van der Waals surface area (Å²) in [7, 11) is 0.